The van der Waals surface area contributed by atoms with Gasteiger partial charge in [0.05, 0.1) is 16.7 Å². The van der Waals surface area contributed by atoms with Crippen LogP contribution in [0.25, 0.3) is 0 Å². The molecule has 19 heavy (non-hydrogen) atoms. The number of carboxylic acids is 1. The van der Waals surface area contributed by atoms with Crippen LogP contribution >= 0.6 is 11.3 Å². The molecular weight excluding hydrogens is 266 g/mol. The molecule has 0 bridgehead atoms. The van der Waals surface area contributed by atoms with E-state index < -0.39 is 18.0 Å². The van der Waals surface area contributed by atoms with Gasteiger partial charge >= 0.3 is 12.0 Å². The Bertz CT molecular complexity index is 473. The number of nitrogens with zero attached hydrogens (tertiary/aromatic N) is 1. The Kier molecular flexibility index (Phi) is 5.29. The number of aliphatic carboxylic acids is 1. The van der Waals surface area contributed by atoms with E-state index in [1.165, 1.54) is 11.3 Å². The summed E-state index contributed by atoms with van der Waals surface area (Å²) in [5.41, 5.74) is 0.889. The molecule has 1 aromatic rings. The van der Waals surface area contributed by atoms with Crippen molar-refractivity contribution in [2.45, 2.75) is 46.2 Å². The predicted molar refractivity (Wildman–Crippen MR) is 73.4 cm³/mol. The maximum absolute atomic E-state index is 11.7. The standard InChI is InChI=1S/C12H19N3O3S/c1-5-9(11(16)17)15-12(18)14-7(3)10-6(2)13-8(4)19-10/h7,9H,5H2,1-4H3,(H,16,17)(H2,14,15,18)/t7?,9-/m1/s1. The Morgan fingerprint density at radius 3 is 2.42 bits per heavy atom. The van der Waals surface area contributed by atoms with Gasteiger partial charge in [-0.25, -0.2) is 14.6 Å². The second kappa shape index (κ2) is 6.51. The van der Waals surface area contributed by atoms with E-state index in [-0.39, 0.29) is 6.04 Å². The van der Waals surface area contributed by atoms with Gasteiger partial charge in [0.25, 0.3) is 0 Å². The van der Waals surface area contributed by atoms with E-state index in [9.17, 15) is 9.59 Å². The molecule has 0 aliphatic carbocycles. The average Bonchev–Trinajstić information content (AvgIpc) is 2.65. The summed E-state index contributed by atoms with van der Waals surface area (Å²) in [5.74, 6) is -1.03. The lowest BCUT2D eigenvalue weighted by atomic mass is 10.2. The zero-order valence-electron chi connectivity index (χ0n) is 11.5. The van der Waals surface area contributed by atoms with Gasteiger partial charge in [-0.05, 0) is 27.2 Å². The van der Waals surface area contributed by atoms with Crippen LogP contribution in [-0.4, -0.2) is 28.1 Å². The molecule has 106 valence electrons. The molecule has 1 aromatic heterocycles. The lowest BCUT2D eigenvalue weighted by Gasteiger charge is -2.17. The number of carbonyl (C=O) groups is 2. The normalized spacial score (nSPS) is 13.7. The van der Waals surface area contributed by atoms with Crippen molar-refractivity contribution >= 4 is 23.3 Å². The Morgan fingerprint density at radius 2 is 2.00 bits per heavy atom. The molecule has 0 fully saturated rings. The van der Waals surface area contributed by atoms with Gasteiger partial charge in [-0.1, -0.05) is 6.92 Å². The summed E-state index contributed by atoms with van der Waals surface area (Å²) in [6.45, 7) is 7.35. The molecule has 0 saturated carbocycles. The minimum Gasteiger partial charge on any atom is -0.480 e. The van der Waals surface area contributed by atoms with Gasteiger partial charge in [-0.2, -0.15) is 0 Å². The van der Waals surface area contributed by atoms with Gasteiger partial charge in [0, 0.05) is 4.88 Å². The molecule has 1 rings (SSSR count). The van der Waals surface area contributed by atoms with Crippen LogP contribution in [0.2, 0.25) is 0 Å². The minimum absolute atomic E-state index is 0.197. The van der Waals surface area contributed by atoms with Crippen molar-refractivity contribution in [1.82, 2.24) is 15.6 Å². The van der Waals surface area contributed by atoms with Gasteiger partial charge < -0.3 is 15.7 Å². The van der Waals surface area contributed by atoms with E-state index in [2.05, 4.69) is 15.6 Å². The summed E-state index contributed by atoms with van der Waals surface area (Å²) in [7, 11) is 0. The molecule has 7 heteroatoms. The zero-order valence-corrected chi connectivity index (χ0v) is 12.3. The number of carboxylic acid groups (broad SMARTS) is 1. The fraction of sp³-hybridized carbons (Fsp3) is 0.583. The van der Waals surface area contributed by atoms with Crippen LogP contribution in [0.1, 0.15) is 41.9 Å². The van der Waals surface area contributed by atoms with E-state index in [1.807, 2.05) is 20.8 Å². The summed E-state index contributed by atoms with van der Waals surface area (Å²) in [6.07, 6.45) is 0.343. The van der Waals surface area contributed by atoms with E-state index in [0.717, 1.165) is 15.6 Å². The first-order chi connectivity index (χ1) is 8.85. The smallest absolute Gasteiger partial charge is 0.326 e. The average molecular weight is 285 g/mol. The maximum Gasteiger partial charge on any atom is 0.326 e. The van der Waals surface area contributed by atoms with Crippen molar-refractivity contribution in [1.29, 1.82) is 0 Å². The van der Waals surface area contributed by atoms with Crippen LogP contribution in [0.4, 0.5) is 4.79 Å². The molecule has 0 aliphatic heterocycles. The Labute approximate surface area is 116 Å². The van der Waals surface area contributed by atoms with Crippen LogP contribution in [0, 0.1) is 13.8 Å². The fourth-order valence-corrected chi connectivity index (χ4v) is 2.68. The molecule has 0 aromatic carbocycles. The minimum atomic E-state index is -1.03. The van der Waals surface area contributed by atoms with Gasteiger partial charge in [-0.3, -0.25) is 0 Å². The number of carbonyl (C=O) groups excluding carboxylic acids is 1. The van der Waals surface area contributed by atoms with Gasteiger partial charge in [-0.15, -0.1) is 11.3 Å². The SMILES string of the molecule is CC[C@@H](NC(=O)NC(C)c1sc(C)nc1C)C(=O)O. The summed E-state index contributed by atoms with van der Waals surface area (Å²) in [4.78, 5) is 27.8. The largest absolute Gasteiger partial charge is 0.480 e. The number of urea groups is 1. The van der Waals surface area contributed by atoms with Gasteiger partial charge in [0.1, 0.15) is 6.04 Å². The number of hydrogen-bond acceptors (Lipinski definition) is 4. The van der Waals surface area contributed by atoms with Crippen LogP contribution < -0.4 is 10.6 Å². The first kappa shape index (κ1) is 15.4. The molecule has 6 nitrogen and oxygen atoms in total. The number of rotatable bonds is 5. The summed E-state index contributed by atoms with van der Waals surface area (Å²) >= 11 is 1.53. The van der Waals surface area contributed by atoms with Crippen molar-refractivity contribution in [2.75, 3.05) is 0 Å². The molecule has 0 aliphatic rings. The van der Waals surface area contributed by atoms with Crippen LogP contribution in [0.3, 0.4) is 0 Å². The third-order valence-corrected chi connectivity index (χ3v) is 3.95. The number of nitrogens with one attached hydrogen (secondary N) is 2. The number of aryl methyl sites for hydroxylation is 2. The van der Waals surface area contributed by atoms with Gasteiger partial charge in [0.2, 0.25) is 0 Å². The van der Waals surface area contributed by atoms with Crippen LogP contribution in [0.5, 0.6) is 0 Å². The second-order valence-corrected chi connectivity index (χ2v) is 5.56. The summed E-state index contributed by atoms with van der Waals surface area (Å²) in [5, 5.41) is 15.0. The number of hydrogen-bond donors (Lipinski definition) is 3. The fourth-order valence-electron chi connectivity index (χ4n) is 1.75. The van der Waals surface area contributed by atoms with Crippen molar-refractivity contribution < 1.29 is 14.7 Å². The third-order valence-electron chi connectivity index (χ3n) is 2.69. The van der Waals surface area contributed by atoms with E-state index >= 15 is 0 Å². The molecule has 0 spiro atoms. The first-order valence-corrected chi connectivity index (χ1v) is 6.90. The molecule has 0 radical (unpaired) electrons. The molecule has 0 saturated heterocycles. The highest BCUT2D eigenvalue weighted by molar-refractivity contribution is 7.11. The Balaban J connectivity index is 2.62. The molecule has 2 amide bonds. The van der Waals surface area contributed by atoms with Crippen molar-refractivity contribution in [3.63, 3.8) is 0 Å². The monoisotopic (exact) mass is 285 g/mol. The number of aromatic nitrogens is 1. The highest BCUT2D eigenvalue weighted by Gasteiger charge is 2.20. The first-order valence-electron chi connectivity index (χ1n) is 6.08. The highest BCUT2D eigenvalue weighted by Crippen LogP contribution is 2.24. The van der Waals surface area contributed by atoms with Crippen molar-refractivity contribution in [2.24, 2.45) is 0 Å². The number of thiazole rings is 1. The van der Waals surface area contributed by atoms with Gasteiger partial charge in [0.15, 0.2) is 0 Å². The lowest BCUT2D eigenvalue weighted by Crippen LogP contribution is -2.46. The lowest BCUT2D eigenvalue weighted by molar-refractivity contribution is -0.139. The molecule has 1 heterocycles. The Hall–Kier alpha value is -1.63. The number of amides is 2. The second-order valence-electron chi connectivity index (χ2n) is 4.32. The summed E-state index contributed by atoms with van der Waals surface area (Å²) < 4.78 is 0. The Morgan fingerprint density at radius 1 is 1.37 bits per heavy atom. The third kappa shape index (κ3) is 4.20. The van der Waals surface area contributed by atoms with Crippen molar-refractivity contribution in [3.8, 4) is 0 Å². The predicted octanol–water partition coefficient (Wildman–Crippen LogP) is 1.98. The van der Waals surface area contributed by atoms with E-state index in [4.69, 9.17) is 5.11 Å². The molecule has 2 atom stereocenters. The van der Waals surface area contributed by atoms with E-state index in [1.54, 1.807) is 6.92 Å². The highest BCUT2D eigenvalue weighted by atomic mass is 32.1. The molecular formula is C12H19N3O3S. The van der Waals surface area contributed by atoms with Crippen LogP contribution in [0.15, 0.2) is 0 Å². The quantitative estimate of drug-likeness (QED) is 0.771. The maximum atomic E-state index is 11.7. The molecule has 1 unspecified atom stereocenters. The summed E-state index contributed by atoms with van der Waals surface area (Å²) in [6, 6.07) is -1.54. The van der Waals surface area contributed by atoms with Crippen LogP contribution in [-0.2, 0) is 4.79 Å². The zero-order chi connectivity index (χ0) is 14.6. The molecule has 3 N–H and O–H groups in total. The van der Waals surface area contributed by atoms with E-state index in [0.29, 0.717) is 6.42 Å². The topological polar surface area (TPSA) is 91.3 Å². The van der Waals surface area contributed by atoms with Crippen molar-refractivity contribution in [3.05, 3.63) is 15.6 Å².